The third-order valence-corrected chi connectivity index (χ3v) is 6.39. The molecule has 1 aromatic heterocycles. The van der Waals surface area contributed by atoms with E-state index in [1.54, 1.807) is 0 Å². The van der Waals surface area contributed by atoms with Crippen LogP contribution in [0.3, 0.4) is 0 Å². The highest BCUT2D eigenvalue weighted by atomic mass is 16.5. The van der Waals surface area contributed by atoms with Gasteiger partial charge in [-0.15, -0.1) is 0 Å². The van der Waals surface area contributed by atoms with Crippen LogP contribution < -0.4 is 9.47 Å². The van der Waals surface area contributed by atoms with Crippen molar-refractivity contribution in [3.05, 3.63) is 71.4 Å². The number of ether oxygens (including phenoxy) is 2. The molecule has 2 aromatic carbocycles. The summed E-state index contributed by atoms with van der Waals surface area (Å²) in [5.41, 5.74) is 4.62. The second-order valence-electron chi connectivity index (χ2n) is 7.89. The lowest BCUT2D eigenvalue weighted by molar-refractivity contribution is -0.0331. The van der Waals surface area contributed by atoms with Gasteiger partial charge in [-0.1, -0.05) is 36.4 Å². The standard InChI is InChI=1S/C23H22N2O2/c1-14-20-21-16-10-5-6-11-17(16)26-18-12-7-13-19(22(18)21)27-23(20)25(24-14)15-8-3-2-4-9-15/h2-6,8-11,18-19,21-22H,7,12-13H2,1H3/t18-,19+,21+,22-/m1/s1. The molecule has 0 saturated heterocycles. The van der Waals surface area contributed by atoms with Crippen LogP contribution in [0.4, 0.5) is 0 Å². The van der Waals surface area contributed by atoms with E-state index >= 15 is 0 Å². The molecule has 1 saturated carbocycles. The second kappa shape index (κ2) is 5.62. The number of nitrogens with zero attached hydrogens (tertiary/aromatic N) is 2. The smallest absolute Gasteiger partial charge is 0.221 e. The molecule has 1 fully saturated rings. The molecule has 0 bridgehead atoms. The Kier molecular flexibility index (Phi) is 3.19. The van der Waals surface area contributed by atoms with Crippen LogP contribution >= 0.6 is 0 Å². The van der Waals surface area contributed by atoms with Crippen LogP contribution in [-0.2, 0) is 0 Å². The lowest BCUT2D eigenvalue weighted by Gasteiger charge is -2.48. The van der Waals surface area contributed by atoms with Crippen molar-refractivity contribution in [2.24, 2.45) is 5.92 Å². The fourth-order valence-electron chi connectivity index (χ4n) is 5.29. The zero-order valence-electron chi connectivity index (χ0n) is 15.3. The Morgan fingerprint density at radius 1 is 0.926 bits per heavy atom. The largest absolute Gasteiger partial charge is 0.490 e. The first-order chi connectivity index (χ1) is 13.3. The third-order valence-electron chi connectivity index (χ3n) is 6.39. The number of fused-ring (bicyclic) bond motifs is 4. The molecule has 3 aromatic rings. The maximum absolute atomic E-state index is 6.61. The van der Waals surface area contributed by atoms with E-state index in [2.05, 4.69) is 43.3 Å². The van der Waals surface area contributed by atoms with Crippen molar-refractivity contribution in [2.75, 3.05) is 0 Å². The normalized spacial score (nSPS) is 27.6. The van der Waals surface area contributed by atoms with Crippen molar-refractivity contribution in [2.45, 2.75) is 44.3 Å². The minimum atomic E-state index is 0.188. The Hall–Kier alpha value is -2.75. The fraction of sp³-hybridized carbons (Fsp3) is 0.348. The SMILES string of the molecule is Cc1nn(-c2ccccc2)c2c1[C@@H]1c3ccccc3O[C@@H]3CCC[C@H](O2)[C@H]13. The van der Waals surface area contributed by atoms with Crippen LogP contribution in [-0.4, -0.2) is 22.0 Å². The Balaban J connectivity index is 1.60. The van der Waals surface area contributed by atoms with Gasteiger partial charge in [-0.3, -0.25) is 0 Å². The number of hydrogen-bond acceptors (Lipinski definition) is 3. The van der Waals surface area contributed by atoms with Gasteiger partial charge in [0.2, 0.25) is 5.88 Å². The first-order valence-corrected chi connectivity index (χ1v) is 9.88. The Morgan fingerprint density at radius 3 is 2.52 bits per heavy atom. The van der Waals surface area contributed by atoms with Crippen molar-refractivity contribution in [1.29, 1.82) is 0 Å². The lowest BCUT2D eigenvalue weighted by atomic mass is 9.67. The average molecular weight is 358 g/mol. The summed E-state index contributed by atoms with van der Waals surface area (Å²) in [6.07, 6.45) is 3.76. The molecule has 4 atom stereocenters. The van der Waals surface area contributed by atoms with Gasteiger partial charge in [0, 0.05) is 23.0 Å². The molecule has 3 aliphatic rings. The predicted molar refractivity (Wildman–Crippen MR) is 103 cm³/mol. The van der Waals surface area contributed by atoms with E-state index in [1.165, 1.54) is 11.1 Å². The molecule has 2 aliphatic heterocycles. The van der Waals surface area contributed by atoms with Gasteiger partial charge in [-0.05, 0) is 44.4 Å². The minimum absolute atomic E-state index is 0.188. The highest BCUT2D eigenvalue weighted by Gasteiger charge is 2.51. The summed E-state index contributed by atoms with van der Waals surface area (Å²) in [6, 6.07) is 18.8. The van der Waals surface area contributed by atoms with E-state index < -0.39 is 0 Å². The average Bonchev–Trinajstić information content (AvgIpc) is 3.05. The van der Waals surface area contributed by atoms with Gasteiger partial charge in [0.05, 0.1) is 11.4 Å². The van der Waals surface area contributed by atoms with Gasteiger partial charge < -0.3 is 9.47 Å². The van der Waals surface area contributed by atoms with E-state index in [9.17, 15) is 0 Å². The topological polar surface area (TPSA) is 36.3 Å². The van der Waals surface area contributed by atoms with E-state index in [0.29, 0.717) is 11.8 Å². The Bertz CT molecular complexity index is 1010. The quantitative estimate of drug-likeness (QED) is 0.636. The minimum Gasteiger partial charge on any atom is -0.490 e. The molecule has 136 valence electrons. The van der Waals surface area contributed by atoms with Crippen LogP contribution in [0, 0.1) is 12.8 Å². The predicted octanol–water partition coefficient (Wildman–Crippen LogP) is 4.63. The van der Waals surface area contributed by atoms with Gasteiger partial charge in [0.15, 0.2) is 0 Å². The zero-order chi connectivity index (χ0) is 18.0. The maximum Gasteiger partial charge on any atom is 0.221 e. The molecule has 1 aliphatic carbocycles. The van der Waals surface area contributed by atoms with Crippen molar-refractivity contribution in [3.8, 4) is 17.3 Å². The van der Waals surface area contributed by atoms with Crippen LogP contribution in [0.25, 0.3) is 5.69 Å². The van der Waals surface area contributed by atoms with E-state index in [4.69, 9.17) is 14.6 Å². The van der Waals surface area contributed by atoms with Crippen LogP contribution in [0.2, 0.25) is 0 Å². The number of hydrogen-bond donors (Lipinski definition) is 0. The van der Waals surface area contributed by atoms with Crippen LogP contribution in [0.1, 0.15) is 42.0 Å². The lowest BCUT2D eigenvalue weighted by Crippen LogP contribution is -2.50. The summed E-state index contributed by atoms with van der Waals surface area (Å²) in [6.45, 7) is 2.11. The fourth-order valence-corrected chi connectivity index (χ4v) is 5.29. The summed E-state index contributed by atoms with van der Waals surface area (Å²) in [5, 5.41) is 4.89. The number of aromatic nitrogens is 2. The van der Waals surface area contributed by atoms with E-state index in [0.717, 1.165) is 42.3 Å². The number of rotatable bonds is 1. The van der Waals surface area contributed by atoms with Crippen molar-refractivity contribution < 1.29 is 9.47 Å². The van der Waals surface area contributed by atoms with Crippen LogP contribution in [0.15, 0.2) is 54.6 Å². The number of aryl methyl sites for hydroxylation is 1. The highest BCUT2D eigenvalue weighted by Crippen LogP contribution is 2.55. The molecule has 4 nitrogen and oxygen atoms in total. The summed E-state index contributed by atoms with van der Waals surface area (Å²) >= 11 is 0. The summed E-state index contributed by atoms with van der Waals surface area (Å²) < 4.78 is 15.0. The van der Waals surface area contributed by atoms with Gasteiger partial charge in [-0.2, -0.15) is 5.10 Å². The summed E-state index contributed by atoms with van der Waals surface area (Å²) in [7, 11) is 0. The Morgan fingerprint density at radius 2 is 1.67 bits per heavy atom. The molecule has 27 heavy (non-hydrogen) atoms. The summed E-state index contributed by atoms with van der Waals surface area (Å²) in [5.74, 6) is 2.62. The van der Waals surface area contributed by atoms with Gasteiger partial charge in [0.1, 0.15) is 18.0 Å². The van der Waals surface area contributed by atoms with Crippen molar-refractivity contribution in [1.82, 2.24) is 9.78 Å². The van der Waals surface area contributed by atoms with Gasteiger partial charge >= 0.3 is 0 Å². The molecule has 0 spiro atoms. The molecule has 0 amide bonds. The molecular weight excluding hydrogens is 336 g/mol. The molecular formula is C23H22N2O2. The second-order valence-corrected chi connectivity index (χ2v) is 7.89. The third kappa shape index (κ3) is 2.13. The monoisotopic (exact) mass is 358 g/mol. The molecule has 3 heterocycles. The number of para-hydroxylation sites is 2. The van der Waals surface area contributed by atoms with Crippen LogP contribution in [0.5, 0.6) is 11.6 Å². The first-order valence-electron chi connectivity index (χ1n) is 9.88. The van der Waals surface area contributed by atoms with Gasteiger partial charge in [0.25, 0.3) is 0 Å². The molecule has 0 unspecified atom stereocenters. The van der Waals surface area contributed by atoms with Crippen molar-refractivity contribution >= 4 is 0 Å². The molecule has 0 radical (unpaired) electrons. The summed E-state index contributed by atoms with van der Waals surface area (Å²) in [4.78, 5) is 0. The molecule has 4 heteroatoms. The van der Waals surface area contributed by atoms with Crippen molar-refractivity contribution in [3.63, 3.8) is 0 Å². The van der Waals surface area contributed by atoms with Gasteiger partial charge in [-0.25, -0.2) is 4.68 Å². The molecule has 0 N–H and O–H groups in total. The Labute approximate surface area is 158 Å². The van der Waals surface area contributed by atoms with E-state index in [1.807, 2.05) is 22.9 Å². The first kappa shape index (κ1) is 15.3. The highest BCUT2D eigenvalue weighted by molar-refractivity contribution is 5.53. The zero-order valence-corrected chi connectivity index (χ0v) is 15.3. The maximum atomic E-state index is 6.61. The van der Waals surface area contributed by atoms with E-state index in [-0.39, 0.29) is 12.2 Å². The molecule has 6 rings (SSSR count). The number of benzene rings is 2.